The Morgan fingerprint density at radius 2 is 1.68 bits per heavy atom. The molecular formula is C17H16O2. The van der Waals surface area contributed by atoms with Crippen LogP contribution < -0.4 is 4.74 Å². The van der Waals surface area contributed by atoms with Crippen molar-refractivity contribution in [3.8, 4) is 5.75 Å². The van der Waals surface area contributed by atoms with E-state index < -0.39 is 0 Å². The summed E-state index contributed by atoms with van der Waals surface area (Å²) in [4.78, 5) is 12.3. The van der Waals surface area contributed by atoms with Crippen molar-refractivity contribution in [2.24, 2.45) is 0 Å². The molecule has 0 aromatic heterocycles. The fourth-order valence-corrected chi connectivity index (χ4v) is 2.88. The predicted octanol–water partition coefficient (Wildman–Crippen LogP) is 3.88. The second-order valence-electron chi connectivity index (χ2n) is 4.86. The normalized spacial score (nSPS) is 21.6. The van der Waals surface area contributed by atoms with Gasteiger partial charge in [-0.15, -0.1) is 0 Å². The Morgan fingerprint density at radius 3 is 2.42 bits per heavy atom. The fraction of sp³-hybridized carbons (Fsp3) is 0.235. The first kappa shape index (κ1) is 12.0. The van der Waals surface area contributed by atoms with Crippen molar-refractivity contribution in [3.63, 3.8) is 0 Å². The molecule has 1 aliphatic rings. The zero-order chi connectivity index (χ0) is 13.2. The lowest BCUT2D eigenvalue weighted by molar-refractivity contribution is -0.138. The van der Waals surface area contributed by atoms with E-state index in [2.05, 4.69) is 13.0 Å². The van der Waals surface area contributed by atoms with Gasteiger partial charge in [0.25, 0.3) is 0 Å². The molecule has 2 nitrogen and oxygen atoms in total. The van der Waals surface area contributed by atoms with Crippen LogP contribution in [0.5, 0.6) is 5.75 Å². The molecule has 0 amide bonds. The molecular weight excluding hydrogens is 236 g/mol. The van der Waals surface area contributed by atoms with Gasteiger partial charge in [0.2, 0.25) is 0 Å². The number of carbonyl (C=O) groups excluding carboxylic acids is 1. The summed E-state index contributed by atoms with van der Waals surface area (Å²) in [6.45, 7) is 2.12. The quantitative estimate of drug-likeness (QED) is 0.599. The lowest BCUT2D eigenvalue weighted by Gasteiger charge is -2.31. The van der Waals surface area contributed by atoms with Crippen LogP contribution in [0.2, 0.25) is 0 Å². The third-order valence-corrected chi connectivity index (χ3v) is 3.78. The predicted molar refractivity (Wildman–Crippen MR) is 74.3 cm³/mol. The first-order valence-electron chi connectivity index (χ1n) is 6.67. The third kappa shape index (κ3) is 2.03. The number of fused-ring (bicyclic) bond motifs is 1. The van der Waals surface area contributed by atoms with E-state index >= 15 is 0 Å². The summed E-state index contributed by atoms with van der Waals surface area (Å²) in [5.74, 6) is 0.573. The molecule has 2 aromatic rings. The molecule has 0 aliphatic carbocycles. The Kier molecular flexibility index (Phi) is 3.08. The maximum Gasteiger partial charge on any atom is 0.319 e. The van der Waals surface area contributed by atoms with Crippen LogP contribution in [-0.2, 0) is 4.79 Å². The van der Waals surface area contributed by atoms with Gasteiger partial charge in [0.1, 0.15) is 5.75 Å². The standard InChI is InChI=1S/C17H16O2/c1-2-13-14-10-6-7-11-15(14)19-17(18)16(13)12-8-4-3-5-9-12/h3-11,13,16H,2H2,1H3/t13-,16+/m1/s1. The molecule has 2 heteroatoms. The molecule has 0 fully saturated rings. The van der Waals surface area contributed by atoms with E-state index in [4.69, 9.17) is 4.74 Å². The minimum Gasteiger partial charge on any atom is -0.426 e. The van der Waals surface area contributed by atoms with Crippen molar-refractivity contribution in [1.29, 1.82) is 0 Å². The van der Waals surface area contributed by atoms with Gasteiger partial charge in [0.15, 0.2) is 0 Å². The minimum atomic E-state index is -0.193. The SMILES string of the molecule is CC[C@@H]1c2ccccc2OC(=O)[C@H]1c1ccccc1. The number of hydrogen-bond acceptors (Lipinski definition) is 2. The molecule has 3 rings (SSSR count). The molecule has 2 atom stereocenters. The van der Waals surface area contributed by atoms with Crippen molar-refractivity contribution < 1.29 is 9.53 Å². The van der Waals surface area contributed by atoms with E-state index in [1.165, 1.54) is 0 Å². The van der Waals surface area contributed by atoms with Gasteiger partial charge in [-0.2, -0.15) is 0 Å². The number of rotatable bonds is 2. The molecule has 0 saturated heterocycles. The largest absolute Gasteiger partial charge is 0.426 e. The number of esters is 1. The van der Waals surface area contributed by atoms with Crippen molar-refractivity contribution in [2.45, 2.75) is 25.2 Å². The first-order chi connectivity index (χ1) is 9.31. The van der Waals surface area contributed by atoms with Gasteiger partial charge in [-0.25, -0.2) is 0 Å². The molecule has 0 radical (unpaired) electrons. The zero-order valence-corrected chi connectivity index (χ0v) is 10.9. The summed E-state index contributed by atoms with van der Waals surface area (Å²) in [6, 6.07) is 17.7. The lowest BCUT2D eigenvalue weighted by atomic mass is 9.78. The summed E-state index contributed by atoms with van der Waals surface area (Å²) in [7, 11) is 0. The van der Waals surface area contributed by atoms with Crippen molar-refractivity contribution in [3.05, 3.63) is 65.7 Å². The van der Waals surface area contributed by atoms with Crippen molar-refractivity contribution in [1.82, 2.24) is 0 Å². The molecule has 2 aromatic carbocycles. The van der Waals surface area contributed by atoms with E-state index in [0.717, 1.165) is 17.5 Å². The number of para-hydroxylation sites is 1. The van der Waals surface area contributed by atoms with Crippen molar-refractivity contribution in [2.75, 3.05) is 0 Å². The van der Waals surface area contributed by atoms with Crippen LogP contribution in [-0.4, -0.2) is 5.97 Å². The van der Waals surface area contributed by atoms with Gasteiger partial charge in [-0.05, 0) is 23.6 Å². The Morgan fingerprint density at radius 1 is 1.00 bits per heavy atom. The number of ether oxygens (including phenoxy) is 1. The molecule has 0 spiro atoms. The average molecular weight is 252 g/mol. The molecule has 0 unspecified atom stereocenters. The van der Waals surface area contributed by atoms with E-state index in [1.807, 2.05) is 48.5 Å². The second-order valence-corrected chi connectivity index (χ2v) is 4.86. The number of hydrogen-bond donors (Lipinski definition) is 0. The lowest BCUT2D eigenvalue weighted by Crippen LogP contribution is -2.29. The van der Waals surface area contributed by atoms with Crippen LogP contribution in [0.4, 0.5) is 0 Å². The molecule has 0 saturated carbocycles. The van der Waals surface area contributed by atoms with Gasteiger partial charge in [-0.3, -0.25) is 4.79 Å². The highest BCUT2D eigenvalue weighted by Crippen LogP contribution is 2.44. The molecule has 1 heterocycles. The Labute approximate surface area is 113 Å². The van der Waals surface area contributed by atoms with Gasteiger partial charge in [0.05, 0.1) is 5.92 Å². The zero-order valence-electron chi connectivity index (χ0n) is 10.9. The Bertz CT molecular complexity index is 589. The number of carbonyl (C=O) groups is 1. The smallest absolute Gasteiger partial charge is 0.319 e. The summed E-state index contributed by atoms with van der Waals surface area (Å²) >= 11 is 0. The molecule has 96 valence electrons. The Hall–Kier alpha value is -2.09. The van der Waals surface area contributed by atoms with Crippen LogP contribution in [0.25, 0.3) is 0 Å². The van der Waals surface area contributed by atoms with Crippen LogP contribution in [0.3, 0.4) is 0 Å². The number of benzene rings is 2. The van der Waals surface area contributed by atoms with Crippen LogP contribution in [0, 0.1) is 0 Å². The topological polar surface area (TPSA) is 26.3 Å². The van der Waals surface area contributed by atoms with E-state index in [1.54, 1.807) is 0 Å². The van der Waals surface area contributed by atoms with Gasteiger partial charge >= 0.3 is 5.97 Å². The first-order valence-corrected chi connectivity index (χ1v) is 6.67. The van der Waals surface area contributed by atoms with Crippen molar-refractivity contribution >= 4 is 5.97 Å². The minimum absolute atomic E-state index is 0.142. The van der Waals surface area contributed by atoms with Gasteiger partial charge in [0, 0.05) is 5.92 Å². The summed E-state index contributed by atoms with van der Waals surface area (Å²) in [5, 5.41) is 0. The maximum atomic E-state index is 12.3. The van der Waals surface area contributed by atoms with Gasteiger partial charge in [-0.1, -0.05) is 55.5 Å². The van der Waals surface area contributed by atoms with E-state index in [0.29, 0.717) is 5.75 Å². The highest BCUT2D eigenvalue weighted by atomic mass is 16.5. The van der Waals surface area contributed by atoms with Crippen LogP contribution in [0.15, 0.2) is 54.6 Å². The molecule has 1 aliphatic heterocycles. The monoisotopic (exact) mass is 252 g/mol. The second kappa shape index (κ2) is 4.88. The maximum absolute atomic E-state index is 12.3. The average Bonchev–Trinajstić information content (AvgIpc) is 2.46. The molecule has 0 N–H and O–H groups in total. The molecule has 19 heavy (non-hydrogen) atoms. The van der Waals surface area contributed by atoms with Crippen LogP contribution in [0.1, 0.15) is 36.3 Å². The summed E-state index contributed by atoms with van der Waals surface area (Å²) < 4.78 is 5.49. The molecule has 0 bridgehead atoms. The fourth-order valence-electron chi connectivity index (χ4n) is 2.88. The summed E-state index contributed by atoms with van der Waals surface area (Å²) in [6.07, 6.45) is 0.922. The highest BCUT2D eigenvalue weighted by molar-refractivity contribution is 5.84. The van der Waals surface area contributed by atoms with E-state index in [-0.39, 0.29) is 17.8 Å². The third-order valence-electron chi connectivity index (χ3n) is 3.78. The van der Waals surface area contributed by atoms with Gasteiger partial charge < -0.3 is 4.74 Å². The highest BCUT2D eigenvalue weighted by Gasteiger charge is 2.37. The Balaban J connectivity index is 2.09. The summed E-state index contributed by atoms with van der Waals surface area (Å²) in [5.41, 5.74) is 2.17. The van der Waals surface area contributed by atoms with Crippen LogP contribution >= 0.6 is 0 Å². The van der Waals surface area contributed by atoms with E-state index in [9.17, 15) is 4.79 Å².